The van der Waals surface area contributed by atoms with Gasteiger partial charge in [0.1, 0.15) is 11.8 Å². The Morgan fingerprint density at radius 1 is 1.06 bits per heavy atom. The summed E-state index contributed by atoms with van der Waals surface area (Å²) in [5, 5.41) is 3.60. The van der Waals surface area contributed by atoms with E-state index in [1.165, 1.54) is 4.31 Å². The van der Waals surface area contributed by atoms with Crippen LogP contribution < -0.4 is 10.1 Å². The molecule has 0 bridgehead atoms. The van der Waals surface area contributed by atoms with Crippen LogP contribution in [-0.4, -0.2) is 45.0 Å². The van der Waals surface area contributed by atoms with Crippen molar-refractivity contribution in [1.82, 2.24) is 4.31 Å². The molecule has 36 heavy (non-hydrogen) atoms. The number of sulfonamides is 1. The molecule has 2 heterocycles. The predicted molar refractivity (Wildman–Crippen MR) is 138 cm³/mol. The molecular formula is C28H30N2O5S. The number of nitrogens with one attached hydrogen (secondary N) is 1. The molecular weight excluding hydrogens is 476 g/mol. The molecule has 3 atom stereocenters. The van der Waals surface area contributed by atoms with Crippen LogP contribution in [0, 0.1) is 6.92 Å². The zero-order valence-corrected chi connectivity index (χ0v) is 21.4. The van der Waals surface area contributed by atoms with Crippen LogP contribution in [-0.2, 0) is 25.0 Å². The molecule has 2 aliphatic rings. The molecule has 3 aromatic rings. The molecule has 1 fully saturated rings. The molecule has 1 N–H and O–H groups in total. The van der Waals surface area contributed by atoms with Gasteiger partial charge in [0.2, 0.25) is 10.0 Å². The van der Waals surface area contributed by atoms with Gasteiger partial charge in [-0.05, 0) is 61.7 Å². The molecule has 7 nitrogen and oxygen atoms in total. The minimum absolute atomic E-state index is 0.159. The smallest absolute Gasteiger partial charge is 0.325 e. The molecule has 2 aliphatic heterocycles. The van der Waals surface area contributed by atoms with Gasteiger partial charge in [-0.2, -0.15) is 4.31 Å². The number of methoxy groups -OCH3 is 1. The van der Waals surface area contributed by atoms with E-state index in [2.05, 4.69) is 5.32 Å². The molecule has 5 rings (SSSR count). The maximum Gasteiger partial charge on any atom is 0.325 e. The number of ether oxygens (including phenoxy) is 2. The first-order valence-electron chi connectivity index (χ1n) is 12.1. The largest absolute Gasteiger partial charge is 0.497 e. The third kappa shape index (κ3) is 3.76. The lowest BCUT2D eigenvalue weighted by Gasteiger charge is -2.38. The Morgan fingerprint density at radius 3 is 2.42 bits per heavy atom. The van der Waals surface area contributed by atoms with Crippen LogP contribution in [0.2, 0.25) is 0 Å². The monoisotopic (exact) mass is 506 g/mol. The Balaban J connectivity index is 1.68. The Morgan fingerprint density at radius 2 is 1.75 bits per heavy atom. The van der Waals surface area contributed by atoms with Gasteiger partial charge in [0, 0.05) is 12.2 Å². The van der Waals surface area contributed by atoms with Crippen molar-refractivity contribution in [3.8, 4) is 5.75 Å². The fourth-order valence-corrected chi connectivity index (χ4v) is 7.32. The third-order valence-electron chi connectivity index (χ3n) is 7.35. The van der Waals surface area contributed by atoms with Gasteiger partial charge in [0.15, 0.2) is 0 Å². The maximum absolute atomic E-state index is 13.9. The van der Waals surface area contributed by atoms with Crippen molar-refractivity contribution < 1.29 is 22.7 Å². The molecule has 0 aromatic heterocycles. The van der Waals surface area contributed by atoms with Crippen molar-refractivity contribution in [3.05, 3.63) is 89.5 Å². The Bertz CT molecular complexity index is 1370. The molecule has 8 heteroatoms. The van der Waals surface area contributed by atoms with Gasteiger partial charge in [0.25, 0.3) is 0 Å². The van der Waals surface area contributed by atoms with Crippen molar-refractivity contribution in [3.63, 3.8) is 0 Å². The second-order valence-electron chi connectivity index (χ2n) is 9.27. The highest BCUT2D eigenvalue weighted by Crippen LogP contribution is 2.57. The second kappa shape index (κ2) is 9.26. The van der Waals surface area contributed by atoms with Gasteiger partial charge in [-0.1, -0.05) is 48.0 Å². The SMILES string of the molecule is CCOC(=O)[C@@H]1N(S(=O)(=O)c2ccc(C)cc2)CC[C@@]12c1ccccc1N[C@@H]2c1ccc(OC)cc1. The molecule has 0 saturated carbocycles. The van der Waals surface area contributed by atoms with Crippen molar-refractivity contribution >= 4 is 21.7 Å². The van der Waals surface area contributed by atoms with E-state index in [1.807, 2.05) is 55.5 Å². The lowest BCUT2D eigenvalue weighted by atomic mass is 9.69. The number of carbonyl (C=O) groups is 1. The molecule has 0 unspecified atom stereocenters. The van der Waals surface area contributed by atoms with Gasteiger partial charge >= 0.3 is 5.97 Å². The highest BCUT2D eigenvalue weighted by molar-refractivity contribution is 7.89. The summed E-state index contributed by atoms with van der Waals surface area (Å²) in [6.45, 7) is 4.00. The number of fused-ring (bicyclic) bond motifs is 2. The van der Waals surface area contributed by atoms with Crippen LogP contribution in [0.5, 0.6) is 5.75 Å². The fraction of sp³-hybridized carbons (Fsp3) is 0.321. The van der Waals surface area contributed by atoms with Crippen LogP contribution in [0.3, 0.4) is 0 Å². The average molecular weight is 507 g/mol. The lowest BCUT2D eigenvalue weighted by Crippen LogP contribution is -2.52. The van der Waals surface area contributed by atoms with E-state index in [0.717, 1.165) is 28.1 Å². The normalized spacial score (nSPS) is 23.3. The molecule has 0 radical (unpaired) electrons. The quantitative estimate of drug-likeness (QED) is 0.498. The van der Waals surface area contributed by atoms with Crippen LogP contribution >= 0.6 is 0 Å². The van der Waals surface area contributed by atoms with E-state index >= 15 is 0 Å². The van der Waals surface area contributed by atoms with E-state index < -0.39 is 27.4 Å². The summed E-state index contributed by atoms with van der Waals surface area (Å²) >= 11 is 0. The average Bonchev–Trinajstić information content (AvgIpc) is 3.45. The summed E-state index contributed by atoms with van der Waals surface area (Å²) in [5.74, 6) is 0.183. The molecule has 1 saturated heterocycles. The first-order valence-corrected chi connectivity index (χ1v) is 13.5. The van der Waals surface area contributed by atoms with Gasteiger partial charge in [0.05, 0.1) is 30.1 Å². The summed E-state index contributed by atoms with van der Waals surface area (Å²) in [5.41, 5.74) is 2.86. The van der Waals surface area contributed by atoms with Gasteiger partial charge in [-0.15, -0.1) is 0 Å². The van der Waals surface area contributed by atoms with Crippen LogP contribution in [0.15, 0.2) is 77.7 Å². The minimum atomic E-state index is -3.97. The number of para-hydroxylation sites is 1. The Hall–Kier alpha value is -3.36. The Kier molecular flexibility index (Phi) is 6.26. The van der Waals surface area contributed by atoms with E-state index in [1.54, 1.807) is 38.3 Å². The van der Waals surface area contributed by atoms with Crippen molar-refractivity contribution in [2.24, 2.45) is 0 Å². The minimum Gasteiger partial charge on any atom is -0.497 e. The lowest BCUT2D eigenvalue weighted by molar-refractivity contribution is -0.149. The summed E-state index contributed by atoms with van der Waals surface area (Å²) in [6.07, 6.45) is 0.461. The number of aryl methyl sites for hydroxylation is 1. The molecule has 3 aromatic carbocycles. The van der Waals surface area contributed by atoms with Crippen molar-refractivity contribution in [2.45, 2.75) is 42.7 Å². The summed E-state index contributed by atoms with van der Waals surface area (Å²) in [6, 6.07) is 20.9. The van der Waals surface area contributed by atoms with Crippen LogP contribution in [0.1, 0.15) is 36.1 Å². The first kappa shape index (κ1) is 24.3. The van der Waals surface area contributed by atoms with E-state index in [4.69, 9.17) is 9.47 Å². The van der Waals surface area contributed by atoms with E-state index in [0.29, 0.717) is 6.42 Å². The molecule has 188 valence electrons. The number of rotatable bonds is 6. The zero-order valence-electron chi connectivity index (χ0n) is 20.6. The van der Waals surface area contributed by atoms with Gasteiger partial charge in [-0.3, -0.25) is 4.79 Å². The summed E-state index contributed by atoms with van der Waals surface area (Å²) < 4.78 is 40.1. The first-order chi connectivity index (χ1) is 17.3. The second-order valence-corrected chi connectivity index (χ2v) is 11.2. The van der Waals surface area contributed by atoms with Crippen LogP contribution in [0.4, 0.5) is 5.69 Å². The van der Waals surface area contributed by atoms with Crippen molar-refractivity contribution in [2.75, 3.05) is 25.6 Å². The maximum atomic E-state index is 13.9. The number of benzene rings is 3. The van der Waals surface area contributed by atoms with E-state index in [9.17, 15) is 13.2 Å². The predicted octanol–water partition coefficient (Wildman–Crippen LogP) is 4.43. The standard InChI is InChI=1S/C28H30N2O5S/c1-4-35-27(31)26-28(17-18-30(26)36(32,33)22-15-9-19(2)10-16-22)23-7-5-6-8-24(23)29-25(28)20-11-13-21(34-3)14-12-20/h5-16,25-26,29H,4,17-18H2,1-3H3/t25-,26+,28+/m1/s1. The topological polar surface area (TPSA) is 84.9 Å². The van der Waals surface area contributed by atoms with Gasteiger partial charge < -0.3 is 14.8 Å². The summed E-state index contributed by atoms with van der Waals surface area (Å²) in [7, 11) is -2.35. The highest BCUT2D eigenvalue weighted by Gasteiger charge is 2.63. The molecule has 0 aliphatic carbocycles. The summed E-state index contributed by atoms with van der Waals surface area (Å²) in [4.78, 5) is 13.8. The highest BCUT2D eigenvalue weighted by atomic mass is 32.2. The number of nitrogens with zero attached hydrogens (tertiary/aromatic N) is 1. The number of hydrogen-bond donors (Lipinski definition) is 1. The van der Waals surface area contributed by atoms with Crippen molar-refractivity contribution in [1.29, 1.82) is 0 Å². The van der Waals surface area contributed by atoms with Gasteiger partial charge in [-0.25, -0.2) is 8.42 Å². The number of esters is 1. The molecule has 0 amide bonds. The molecule has 1 spiro atoms. The Labute approximate surface area is 212 Å². The third-order valence-corrected chi connectivity index (χ3v) is 9.23. The zero-order chi connectivity index (χ0) is 25.5. The number of carbonyl (C=O) groups excluding carboxylic acids is 1. The van der Waals surface area contributed by atoms with Crippen LogP contribution in [0.25, 0.3) is 0 Å². The van der Waals surface area contributed by atoms with E-state index in [-0.39, 0.29) is 24.1 Å². The fourth-order valence-electron chi connectivity index (χ4n) is 5.69. The number of anilines is 1. The number of hydrogen-bond acceptors (Lipinski definition) is 6.